The molecule has 0 radical (unpaired) electrons. The molecule has 2 aromatic carbocycles. The van der Waals surface area contributed by atoms with Gasteiger partial charge in [0.1, 0.15) is 12.6 Å². The smallest absolute Gasteiger partial charge is 0.410 e. The minimum Gasteiger partial charge on any atom is -0.480 e. The Labute approximate surface area is 181 Å². The third kappa shape index (κ3) is 4.01. The van der Waals surface area contributed by atoms with Crippen molar-refractivity contribution in [3.8, 4) is 11.1 Å². The van der Waals surface area contributed by atoms with Gasteiger partial charge in [-0.15, -0.1) is 0 Å². The van der Waals surface area contributed by atoms with E-state index in [0.717, 1.165) is 38.3 Å². The van der Waals surface area contributed by atoms with Crippen molar-refractivity contribution in [1.82, 2.24) is 9.88 Å². The summed E-state index contributed by atoms with van der Waals surface area (Å²) >= 11 is 0. The van der Waals surface area contributed by atoms with E-state index in [1.165, 1.54) is 7.05 Å². The molecule has 1 amide bonds. The van der Waals surface area contributed by atoms with Gasteiger partial charge in [-0.05, 0) is 46.4 Å². The van der Waals surface area contributed by atoms with Crippen LogP contribution in [0, 0.1) is 6.92 Å². The number of hydrogen-bond donors (Lipinski definition) is 1. The average Bonchev–Trinajstić information content (AvgIpc) is 3.10. The third-order valence-electron chi connectivity index (χ3n) is 5.94. The number of carboxylic acid groups (broad SMARTS) is 1. The number of pyridine rings is 1. The number of carboxylic acids is 1. The van der Waals surface area contributed by atoms with Crippen LogP contribution in [0.5, 0.6) is 0 Å². The van der Waals surface area contributed by atoms with Crippen molar-refractivity contribution < 1.29 is 19.4 Å². The van der Waals surface area contributed by atoms with Crippen molar-refractivity contribution in [2.24, 2.45) is 0 Å². The van der Waals surface area contributed by atoms with Gasteiger partial charge in [0.2, 0.25) is 0 Å². The van der Waals surface area contributed by atoms with Crippen LogP contribution in [-0.2, 0) is 16.0 Å². The van der Waals surface area contributed by atoms with E-state index in [-0.39, 0.29) is 18.9 Å². The zero-order valence-electron chi connectivity index (χ0n) is 17.5. The summed E-state index contributed by atoms with van der Waals surface area (Å²) in [6.07, 6.45) is 2.80. The van der Waals surface area contributed by atoms with Gasteiger partial charge in [-0.1, -0.05) is 48.5 Å². The maximum absolute atomic E-state index is 12.8. The molecule has 3 aromatic rings. The first-order valence-electron chi connectivity index (χ1n) is 10.2. The Morgan fingerprint density at radius 2 is 1.68 bits per heavy atom. The van der Waals surface area contributed by atoms with Crippen LogP contribution < -0.4 is 0 Å². The number of fused-ring (bicyclic) bond motifs is 3. The summed E-state index contributed by atoms with van der Waals surface area (Å²) in [5.41, 5.74) is 6.22. The molecule has 0 fully saturated rings. The quantitative estimate of drug-likeness (QED) is 0.649. The number of benzene rings is 2. The second-order valence-corrected chi connectivity index (χ2v) is 7.78. The van der Waals surface area contributed by atoms with E-state index in [1.54, 1.807) is 12.4 Å². The highest BCUT2D eigenvalue weighted by Gasteiger charge is 2.32. The number of nitrogens with zero attached hydrogens (tertiary/aromatic N) is 2. The van der Waals surface area contributed by atoms with Crippen LogP contribution in [-0.4, -0.2) is 46.7 Å². The van der Waals surface area contributed by atoms with Gasteiger partial charge < -0.3 is 9.84 Å². The number of amides is 1. The van der Waals surface area contributed by atoms with Gasteiger partial charge >= 0.3 is 12.1 Å². The van der Waals surface area contributed by atoms with Gasteiger partial charge in [-0.2, -0.15) is 0 Å². The zero-order valence-corrected chi connectivity index (χ0v) is 17.5. The Hall–Kier alpha value is -3.67. The zero-order chi connectivity index (χ0) is 22.0. The molecule has 0 saturated carbocycles. The van der Waals surface area contributed by atoms with E-state index in [1.807, 2.05) is 49.4 Å². The van der Waals surface area contributed by atoms with Crippen LogP contribution in [0.1, 0.15) is 28.2 Å². The first kappa shape index (κ1) is 20.6. The van der Waals surface area contributed by atoms with Gasteiger partial charge in [0.25, 0.3) is 0 Å². The van der Waals surface area contributed by atoms with E-state index in [4.69, 9.17) is 4.74 Å². The molecule has 1 heterocycles. The molecule has 6 heteroatoms. The summed E-state index contributed by atoms with van der Waals surface area (Å²) in [4.78, 5) is 29.9. The second kappa shape index (κ2) is 8.60. The van der Waals surface area contributed by atoms with Gasteiger partial charge in [0, 0.05) is 31.8 Å². The van der Waals surface area contributed by atoms with Gasteiger partial charge in [-0.3, -0.25) is 9.88 Å². The first-order valence-corrected chi connectivity index (χ1v) is 10.2. The summed E-state index contributed by atoms with van der Waals surface area (Å²) in [6, 6.07) is 16.9. The maximum atomic E-state index is 12.8. The van der Waals surface area contributed by atoms with E-state index < -0.39 is 18.1 Å². The molecule has 1 aliphatic rings. The molecule has 1 N–H and O–H groups in total. The van der Waals surface area contributed by atoms with Crippen LogP contribution in [0.4, 0.5) is 4.79 Å². The summed E-state index contributed by atoms with van der Waals surface area (Å²) in [6.45, 7) is 2.04. The van der Waals surface area contributed by atoms with Crippen LogP contribution in [0.25, 0.3) is 11.1 Å². The number of carbonyl (C=O) groups is 2. The SMILES string of the molecule is Cc1ccncc1CC(C(=O)O)N(C)C(=O)OCC1c2ccccc2-c2ccccc21. The number of ether oxygens (including phenoxy) is 1. The minimum absolute atomic E-state index is 0.0754. The van der Waals surface area contributed by atoms with Crippen molar-refractivity contribution in [3.05, 3.63) is 89.2 Å². The molecule has 1 aromatic heterocycles. The number of aryl methyl sites for hydroxylation is 1. The lowest BCUT2D eigenvalue weighted by Gasteiger charge is -2.25. The van der Waals surface area contributed by atoms with Crippen molar-refractivity contribution in [2.75, 3.05) is 13.7 Å². The third-order valence-corrected chi connectivity index (χ3v) is 5.94. The standard InChI is InChI=1S/C25H24N2O4/c1-16-11-12-26-14-17(16)13-23(24(28)29)27(2)25(30)31-15-22-20-9-5-3-7-18(20)19-8-4-6-10-21(19)22/h3-12,14,22-23H,13,15H2,1-2H3,(H,28,29). The maximum Gasteiger partial charge on any atom is 0.410 e. The van der Waals surface area contributed by atoms with Crippen molar-refractivity contribution >= 4 is 12.1 Å². The molecular formula is C25H24N2O4. The Morgan fingerprint density at radius 3 is 2.26 bits per heavy atom. The van der Waals surface area contributed by atoms with E-state index >= 15 is 0 Å². The van der Waals surface area contributed by atoms with Crippen LogP contribution in [0.15, 0.2) is 67.0 Å². The Bertz CT molecular complexity index is 1080. The number of aromatic nitrogens is 1. The van der Waals surface area contributed by atoms with E-state index in [9.17, 15) is 14.7 Å². The van der Waals surface area contributed by atoms with Crippen LogP contribution in [0.3, 0.4) is 0 Å². The molecule has 158 valence electrons. The molecular weight excluding hydrogens is 392 g/mol. The fourth-order valence-electron chi connectivity index (χ4n) is 4.13. The first-order chi connectivity index (χ1) is 15.0. The average molecular weight is 416 g/mol. The molecule has 1 atom stereocenters. The minimum atomic E-state index is -1.08. The highest BCUT2D eigenvalue weighted by Crippen LogP contribution is 2.44. The second-order valence-electron chi connectivity index (χ2n) is 7.78. The fraction of sp³-hybridized carbons (Fsp3) is 0.240. The van der Waals surface area contributed by atoms with E-state index in [0.29, 0.717) is 0 Å². The largest absolute Gasteiger partial charge is 0.480 e. The molecule has 0 bridgehead atoms. The highest BCUT2D eigenvalue weighted by atomic mass is 16.6. The number of likely N-dealkylation sites (N-methyl/N-ethyl adjacent to an activating group) is 1. The number of aliphatic carboxylic acids is 1. The molecule has 31 heavy (non-hydrogen) atoms. The summed E-state index contributed by atoms with van der Waals surface area (Å²) in [5.74, 6) is -1.16. The lowest BCUT2D eigenvalue weighted by atomic mass is 9.98. The molecule has 0 saturated heterocycles. The van der Waals surface area contributed by atoms with Gasteiger partial charge in [-0.25, -0.2) is 9.59 Å². The predicted octanol–water partition coefficient (Wildman–Crippen LogP) is 4.27. The Kier molecular flexibility index (Phi) is 5.71. The summed E-state index contributed by atoms with van der Waals surface area (Å²) in [7, 11) is 1.46. The lowest BCUT2D eigenvalue weighted by Crippen LogP contribution is -2.44. The fourth-order valence-corrected chi connectivity index (χ4v) is 4.13. The van der Waals surface area contributed by atoms with Crippen LogP contribution >= 0.6 is 0 Å². The van der Waals surface area contributed by atoms with E-state index in [2.05, 4.69) is 17.1 Å². The summed E-state index contributed by atoms with van der Waals surface area (Å²) < 4.78 is 5.61. The molecule has 1 aliphatic carbocycles. The monoisotopic (exact) mass is 416 g/mol. The van der Waals surface area contributed by atoms with Gasteiger partial charge in [0.15, 0.2) is 0 Å². The summed E-state index contributed by atoms with van der Waals surface area (Å²) in [5, 5.41) is 9.71. The number of hydrogen-bond acceptors (Lipinski definition) is 4. The Morgan fingerprint density at radius 1 is 1.06 bits per heavy atom. The lowest BCUT2D eigenvalue weighted by molar-refractivity contribution is -0.142. The van der Waals surface area contributed by atoms with Crippen molar-refractivity contribution in [2.45, 2.75) is 25.3 Å². The van der Waals surface area contributed by atoms with Gasteiger partial charge in [0.05, 0.1) is 0 Å². The number of rotatable bonds is 6. The van der Waals surface area contributed by atoms with Crippen molar-refractivity contribution in [1.29, 1.82) is 0 Å². The molecule has 4 rings (SSSR count). The normalized spacial score (nSPS) is 13.2. The highest BCUT2D eigenvalue weighted by molar-refractivity contribution is 5.81. The molecule has 1 unspecified atom stereocenters. The Balaban J connectivity index is 1.49. The van der Waals surface area contributed by atoms with Crippen molar-refractivity contribution in [3.63, 3.8) is 0 Å². The van der Waals surface area contributed by atoms with Crippen LogP contribution in [0.2, 0.25) is 0 Å². The topological polar surface area (TPSA) is 79.7 Å². The molecule has 0 spiro atoms. The number of carbonyl (C=O) groups excluding carboxylic acids is 1. The predicted molar refractivity (Wildman–Crippen MR) is 117 cm³/mol. The molecule has 0 aliphatic heterocycles. The molecule has 6 nitrogen and oxygen atoms in total.